The fourth-order valence-electron chi connectivity index (χ4n) is 7.71. The lowest BCUT2D eigenvalue weighted by Gasteiger charge is -2.55. The number of carbonyl (C=O) groups is 3. The molecule has 0 unspecified atom stereocenters. The Hall–Kier alpha value is -3.65. The predicted octanol–water partition coefficient (Wildman–Crippen LogP) is 3.33. The molecule has 8 heteroatoms. The number of H-pyrrole nitrogens is 1. The number of phenols is 1. The van der Waals surface area contributed by atoms with E-state index < -0.39 is 29.3 Å². The topological polar surface area (TPSA) is 137 Å². The van der Waals surface area contributed by atoms with Crippen LogP contribution in [0.2, 0.25) is 0 Å². The smallest absolute Gasteiger partial charge is 0.249 e. The van der Waals surface area contributed by atoms with Gasteiger partial charge < -0.3 is 21.1 Å². The van der Waals surface area contributed by atoms with E-state index in [0.29, 0.717) is 17.8 Å². The van der Waals surface area contributed by atoms with Gasteiger partial charge in [-0.25, -0.2) is 0 Å². The monoisotopic (exact) mass is 528 g/mol. The number of carbonyl (C=O) groups excluding carboxylic acids is 3. The second-order valence-electron chi connectivity index (χ2n) is 12.1. The quantitative estimate of drug-likeness (QED) is 0.305. The van der Waals surface area contributed by atoms with Crippen molar-refractivity contribution in [1.29, 1.82) is 0 Å². The number of amides is 3. The molecule has 0 saturated heterocycles. The first-order valence-corrected chi connectivity index (χ1v) is 14.0. The lowest BCUT2D eigenvalue weighted by molar-refractivity contribution is -0.150. The van der Waals surface area contributed by atoms with Crippen molar-refractivity contribution in [3.8, 4) is 5.75 Å². The van der Waals surface area contributed by atoms with Gasteiger partial charge in [0.05, 0.1) is 11.5 Å². The number of fused-ring (bicyclic) bond motifs is 1. The van der Waals surface area contributed by atoms with Gasteiger partial charge in [-0.15, -0.1) is 0 Å². The van der Waals surface area contributed by atoms with E-state index in [1.807, 2.05) is 30.5 Å². The summed E-state index contributed by atoms with van der Waals surface area (Å²) >= 11 is 0. The molecule has 204 valence electrons. The maximum atomic E-state index is 13.6. The number of aromatic nitrogens is 1. The molecule has 8 nitrogen and oxygen atoms in total. The Bertz CT molecular complexity index is 1360. The highest BCUT2D eigenvalue weighted by Gasteiger charge is 2.55. The van der Waals surface area contributed by atoms with Gasteiger partial charge in [-0.3, -0.25) is 19.7 Å². The largest absolute Gasteiger partial charge is 0.508 e. The Balaban J connectivity index is 1.19. The van der Waals surface area contributed by atoms with Crippen LogP contribution < -0.4 is 16.4 Å². The summed E-state index contributed by atoms with van der Waals surface area (Å²) in [6.45, 7) is 0. The average Bonchev–Trinajstić information content (AvgIpc) is 3.31. The van der Waals surface area contributed by atoms with Gasteiger partial charge in [0.15, 0.2) is 0 Å². The first-order valence-electron chi connectivity index (χ1n) is 14.0. The number of nitrogens with two attached hydrogens (primary N) is 1. The van der Waals surface area contributed by atoms with Crippen molar-refractivity contribution in [2.45, 2.75) is 63.5 Å². The van der Waals surface area contributed by atoms with Crippen LogP contribution >= 0.6 is 0 Å². The molecule has 4 aliphatic carbocycles. The highest BCUT2D eigenvalue weighted by Crippen LogP contribution is 2.60. The Morgan fingerprint density at radius 2 is 1.56 bits per heavy atom. The Kier molecular flexibility index (Phi) is 6.67. The summed E-state index contributed by atoms with van der Waals surface area (Å²) in [5, 5.41) is 16.1. The minimum absolute atomic E-state index is 0.135. The fourth-order valence-corrected chi connectivity index (χ4v) is 7.71. The maximum Gasteiger partial charge on any atom is 0.249 e. The molecule has 3 amide bonds. The number of imide groups is 1. The van der Waals surface area contributed by atoms with E-state index in [9.17, 15) is 19.5 Å². The molecule has 39 heavy (non-hydrogen) atoms. The molecule has 6 N–H and O–H groups in total. The summed E-state index contributed by atoms with van der Waals surface area (Å²) in [4.78, 5) is 43.6. The Labute approximate surface area is 227 Å². The first kappa shape index (κ1) is 25.6. The zero-order chi connectivity index (χ0) is 27.1. The van der Waals surface area contributed by atoms with E-state index in [0.717, 1.165) is 41.3 Å². The lowest BCUT2D eigenvalue weighted by atomic mass is 9.49. The molecule has 2 atom stereocenters. The highest BCUT2D eigenvalue weighted by molar-refractivity contribution is 6.02. The van der Waals surface area contributed by atoms with Crippen LogP contribution in [0, 0.1) is 23.2 Å². The highest BCUT2D eigenvalue weighted by atomic mass is 16.3. The molecule has 4 bridgehead atoms. The minimum atomic E-state index is -0.958. The van der Waals surface area contributed by atoms with Crippen LogP contribution in [0.1, 0.15) is 49.7 Å². The van der Waals surface area contributed by atoms with Gasteiger partial charge in [0, 0.05) is 23.5 Å². The van der Waals surface area contributed by atoms with Gasteiger partial charge >= 0.3 is 0 Å². The van der Waals surface area contributed by atoms with Crippen molar-refractivity contribution < 1.29 is 19.5 Å². The molecular weight excluding hydrogens is 492 g/mol. The van der Waals surface area contributed by atoms with Crippen LogP contribution in [-0.4, -0.2) is 39.9 Å². The summed E-state index contributed by atoms with van der Waals surface area (Å²) in [5.74, 6) is 0.732. The molecule has 0 spiro atoms. The van der Waals surface area contributed by atoms with Gasteiger partial charge in [-0.2, -0.15) is 0 Å². The second-order valence-corrected chi connectivity index (χ2v) is 12.1. The standard InChI is InChI=1S/C31H36N4O4/c32-25(12-18-5-7-23(36)8-6-18)28(37)34-27(13-22-17-33-26-4-2-1-3-24(22)26)29(38)35-30(39)31-14-19-9-20(15-31)11-21(10-19)16-31/h1-8,17,19-21,25,27,33,36H,9-16,32H2,(H,34,37)(H,35,38,39)/t19?,20?,21?,25-,27+,31?/m0/s1. The number of benzene rings is 2. The molecule has 0 aliphatic heterocycles. The van der Waals surface area contributed by atoms with Gasteiger partial charge in [0.25, 0.3) is 0 Å². The van der Waals surface area contributed by atoms with Gasteiger partial charge in [-0.05, 0) is 92.0 Å². The van der Waals surface area contributed by atoms with E-state index in [1.165, 1.54) is 19.3 Å². The number of aromatic amines is 1. The summed E-state index contributed by atoms with van der Waals surface area (Å²) < 4.78 is 0. The zero-order valence-corrected chi connectivity index (χ0v) is 22.0. The summed E-state index contributed by atoms with van der Waals surface area (Å²) in [7, 11) is 0. The van der Waals surface area contributed by atoms with Crippen molar-refractivity contribution in [3.63, 3.8) is 0 Å². The van der Waals surface area contributed by atoms with Crippen molar-refractivity contribution in [2.75, 3.05) is 0 Å². The molecule has 2 aromatic carbocycles. The van der Waals surface area contributed by atoms with Gasteiger partial charge in [0.1, 0.15) is 11.8 Å². The van der Waals surface area contributed by atoms with Crippen LogP contribution in [0.5, 0.6) is 5.75 Å². The molecule has 0 radical (unpaired) electrons. The van der Waals surface area contributed by atoms with E-state index in [2.05, 4.69) is 15.6 Å². The Morgan fingerprint density at radius 3 is 2.23 bits per heavy atom. The van der Waals surface area contributed by atoms with Crippen LogP contribution in [0.25, 0.3) is 10.9 Å². The fraction of sp³-hybridized carbons (Fsp3) is 0.452. The van der Waals surface area contributed by atoms with E-state index in [1.54, 1.807) is 24.3 Å². The number of nitrogens with one attached hydrogen (secondary N) is 3. The van der Waals surface area contributed by atoms with Gasteiger partial charge in [-0.1, -0.05) is 30.3 Å². The lowest BCUT2D eigenvalue weighted by Crippen LogP contribution is -2.58. The third-order valence-electron chi connectivity index (χ3n) is 9.22. The normalized spacial score (nSPS) is 26.7. The predicted molar refractivity (Wildman–Crippen MR) is 147 cm³/mol. The number of phenolic OH excluding ortho intramolecular Hbond substituents is 1. The van der Waals surface area contributed by atoms with E-state index in [-0.39, 0.29) is 24.5 Å². The van der Waals surface area contributed by atoms with Crippen LogP contribution in [-0.2, 0) is 27.2 Å². The van der Waals surface area contributed by atoms with Crippen molar-refractivity contribution in [1.82, 2.24) is 15.6 Å². The van der Waals surface area contributed by atoms with Crippen molar-refractivity contribution in [3.05, 3.63) is 65.9 Å². The molecule has 7 rings (SSSR count). The molecule has 3 aromatic rings. The second kappa shape index (κ2) is 10.2. The summed E-state index contributed by atoms with van der Waals surface area (Å²) in [6.07, 6.45) is 8.50. The number of rotatable bonds is 8. The van der Waals surface area contributed by atoms with E-state index in [4.69, 9.17) is 5.73 Å². The third kappa shape index (κ3) is 5.17. The number of aromatic hydroxyl groups is 1. The van der Waals surface area contributed by atoms with Crippen LogP contribution in [0.15, 0.2) is 54.7 Å². The minimum Gasteiger partial charge on any atom is -0.508 e. The van der Waals surface area contributed by atoms with E-state index >= 15 is 0 Å². The molecule has 4 saturated carbocycles. The van der Waals surface area contributed by atoms with Crippen molar-refractivity contribution >= 4 is 28.6 Å². The summed E-state index contributed by atoms with van der Waals surface area (Å²) in [5.41, 5.74) is 8.37. The zero-order valence-electron chi connectivity index (χ0n) is 22.0. The molecular formula is C31H36N4O4. The SMILES string of the molecule is N[C@@H](Cc1ccc(O)cc1)C(=O)N[C@H](Cc1c[nH]c2ccccc12)C(=O)NC(=O)C12CC3CC(CC(C3)C1)C2. The molecule has 4 aliphatic rings. The average molecular weight is 529 g/mol. The molecule has 1 aromatic heterocycles. The van der Waals surface area contributed by atoms with Crippen LogP contribution in [0.4, 0.5) is 0 Å². The number of para-hydroxylation sites is 1. The third-order valence-corrected chi connectivity index (χ3v) is 9.22. The van der Waals surface area contributed by atoms with Crippen molar-refractivity contribution in [2.24, 2.45) is 28.9 Å². The first-order chi connectivity index (χ1) is 18.8. The molecule has 1 heterocycles. The Morgan fingerprint density at radius 1 is 0.923 bits per heavy atom. The molecule has 4 fully saturated rings. The van der Waals surface area contributed by atoms with Gasteiger partial charge in [0.2, 0.25) is 17.7 Å². The maximum absolute atomic E-state index is 13.6. The van der Waals surface area contributed by atoms with Crippen LogP contribution in [0.3, 0.4) is 0 Å². The summed E-state index contributed by atoms with van der Waals surface area (Å²) in [6, 6.07) is 12.4. The number of hydrogen-bond donors (Lipinski definition) is 5. The number of hydrogen-bond acceptors (Lipinski definition) is 5.